The van der Waals surface area contributed by atoms with E-state index in [0.717, 1.165) is 18.8 Å². The fourth-order valence-corrected chi connectivity index (χ4v) is 2.55. The molecule has 1 aromatic heterocycles. The van der Waals surface area contributed by atoms with Gasteiger partial charge in [0.25, 0.3) is 5.91 Å². The Morgan fingerprint density at radius 3 is 2.80 bits per heavy atom. The molecule has 0 radical (unpaired) electrons. The molecule has 0 spiro atoms. The molecule has 1 N–H and O–H groups in total. The van der Waals surface area contributed by atoms with Gasteiger partial charge in [0.05, 0.1) is 11.1 Å². The molecule has 20 heavy (non-hydrogen) atoms. The third-order valence-electron chi connectivity index (χ3n) is 3.53. The second-order valence-electron chi connectivity index (χ2n) is 5.01. The molecule has 0 unspecified atom stereocenters. The number of hydrogen-bond donors (Lipinski definition) is 1. The van der Waals surface area contributed by atoms with Gasteiger partial charge in [0.1, 0.15) is 5.82 Å². The van der Waals surface area contributed by atoms with E-state index in [4.69, 9.17) is 0 Å². The molecule has 0 aliphatic carbocycles. The van der Waals surface area contributed by atoms with Crippen molar-refractivity contribution in [2.75, 3.05) is 26.2 Å². The zero-order chi connectivity index (χ0) is 14.1. The van der Waals surface area contributed by atoms with Crippen LogP contribution in [-0.2, 0) is 0 Å². The summed E-state index contributed by atoms with van der Waals surface area (Å²) >= 11 is 0. The van der Waals surface area contributed by atoms with Gasteiger partial charge in [-0.05, 0) is 31.2 Å². The number of carbonyl (C=O) groups excluding carboxylic acids is 1. The van der Waals surface area contributed by atoms with E-state index in [1.165, 1.54) is 12.1 Å². The molecule has 2 heterocycles. The molecule has 1 aliphatic heterocycles. The summed E-state index contributed by atoms with van der Waals surface area (Å²) in [6, 6.07) is 6.11. The highest BCUT2D eigenvalue weighted by molar-refractivity contribution is 6.06. The van der Waals surface area contributed by atoms with Crippen LogP contribution in [0.15, 0.2) is 24.3 Å². The lowest BCUT2D eigenvalue weighted by atomic mass is 10.1. The van der Waals surface area contributed by atoms with Gasteiger partial charge in [-0.2, -0.15) is 0 Å². The standard InChI is InChI=1S/C15H16FN3O/c1-10-8-13(15(20)19-6-4-17-5-7-19)12-9-11(16)2-3-14(12)18-10/h2-3,8-9,17H,4-7H2,1H3. The van der Waals surface area contributed by atoms with E-state index in [2.05, 4.69) is 10.3 Å². The number of aryl methyl sites for hydroxylation is 1. The summed E-state index contributed by atoms with van der Waals surface area (Å²) in [7, 11) is 0. The van der Waals surface area contributed by atoms with Gasteiger partial charge < -0.3 is 10.2 Å². The van der Waals surface area contributed by atoms with E-state index < -0.39 is 0 Å². The number of aromatic nitrogens is 1. The largest absolute Gasteiger partial charge is 0.336 e. The average molecular weight is 273 g/mol. The maximum absolute atomic E-state index is 13.5. The molecule has 2 aromatic rings. The van der Waals surface area contributed by atoms with Crippen LogP contribution in [0.25, 0.3) is 10.9 Å². The van der Waals surface area contributed by atoms with Crippen LogP contribution < -0.4 is 5.32 Å². The van der Waals surface area contributed by atoms with Crippen LogP contribution in [0.5, 0.6) is 0 Å². The van der Waals surface area contributed by atoms with Crippen molar-refractivity contribution in [3.63, 3.8) is 0 Å². The molecule has 5 heteroatoms. The second-order valence-corrected chi connectivity index (χ2v) is 5.01. The molecule has 0 atom stereocenters. The van der Waals surface area contributed by atoms with E-state index in [1.54, 1.807) is 17.0 Å². The number of nitrogens with one attached hydrogen (secondary N) is 1. The van der Waals surface area contributed by atoms with Gasteiger partial charge >= 0.3 is 0 Å². The third-order valence-corrected chi connectivity index (χ3v) is 3.53. The van der Waals surface area contributed by atoms with Crippen molar-refractivity contribution in [1.82, 2.24) is 15.2 Å². The summed E-state index contributed by atoms with van der Waals surface area (Å²) < 4.78 is 13.5. The van der Waals surface area contributed by atoms with Crippen LogP contribution in [0.1, 0.15) is 16.1 Å². The topological polar surface area (TPSA) is 45.2 Å². The Morgan fingerprint density at radius 2 is 2.05 bits per heavy atom. The number of halogens is 1. The lowest BCUT2D eigenvalue weighted by Crippen LogP contribution is -2.46. The fraction of sp³-hybridized carbons (Fsp3) is 0.333. The number of nitrogens with zero attached hydrogens (tertiary/aromatic N) is 2. The Kier molecular flexibility index (Phi) is 3.36. The molecule has 104 valence electrons. The maximum atomic E-state index is 13.5. The average Bonchev–Trinajstić information content (AvgIpc) is 2.47. The first kappa shape index (κ1) is 13.0. The van der Waals surface area contributed by atoms with Gasteiger partial charge in [-0.15, -0.1) is 0 Å². The highest BCUT2D eigenvalue weighted by Gasteiger charge is 2.20. The quantitative estimate of drug-likeness (QED) is 0.860. The summed E-state index contributed by atoms with van der Waals surface area (Å²) in [6.45, 7) is 4.79. The minimum atomic E-state index is -0.350. The Hall–Kier alpha value is -2.01. The number of hydrogen-bond acceptors (Lipinski definition) is 3. The van der Waals surface area contributed by atoms with Gasteiger partial charge in [0, 0.05) is 37.3 Å². The van der Waals surface area contributed by atoms with E-state index >= 15 is 0 Å². The van der Waals surface area contributed by atoms with Crippen molar-refractivity contribution in [2.24, 2.45) is 0 Å². The lowest BCUT2D eigenvalue weighted by Gasteiger charge is -2.28. The number of piperazine rings is 1. The smallest absolute Gasteiger partial charge is 0.254 e. The summed E-state index contributed by atoms with van der Waals surface area (Å²) in [5.41, 5.74) is 1.96. The Bertz CT molecular complexity index is 665. The normalized spacial score (nSPS) is 15.6. The third kappa shape index (κ3) is 2.36. The van der Waals surface area contributed by atoms with Crippen molar-refractivity contribution in [1.29, 1.82) is 0 Å². The van der Waals surface area contributed by atoms with Gasteiger partial charge in [0.2, 0.25) is 0 Å². The molecular formula is C15H16FN3O. The van der Waals surface area contributed by atoms with Crippen LogP contribution in [0.4, 0.5) is 4.39 Å². The highest BCUT2D eigenvalue weighted by Crippen LogP contribution is 2.21. The first-order chi connectivity index (χ1) is 9.65. The number of fused-ring (bicyclic) bond motifs is 1. The maximum Gasteiger partial charge on any atom is 0.254 e. The zero-order valence-corrected chi connectivity index (χ0v) is 11.3. The van der Waals surface area contributed by atoms with E-state index in [9.17, 15) is 9.18 Å². The molecule has 1 amide bonds. The molecular weight excluding hydrogens is 257 g/mol. The van der Waals surface area contributed by atoms with Crippen LogP contribution in [-0.4, -0.2) is 42.0 Å². The monoisotopic (exact) mass is 273 g/mol. The summed E-state index contributed by atoms with van der Waals surface area (Å²) in [5.74, 6) is -0.398. The van der Waals surface area contributed by atoms with Crippen LogP contribution in [0.3, 0.4) is 0 Å². The van der Waals surface area contributed by atoms with Gasteiger partial charge in [0.15, 0.2) is 0 Å². The predicted octanol–water partition coefficient (Wildman–Crippen LogP) is 1.73. The molecule has 1 saturated heterocycles. The number of benzene rings is 1. The van der Waals surface area contributed by atoms with Crippen molar-refractivity contribution < 1.29 is 9.18 Å². The molecule has 1 aliphatic rings. The van der Waals surface area contributed by atoms with Crippen molar-refractivity contribution in [2.45, 2.75) is 6.92 Å². The van der Waals surface area contributed by atoms with Crippen molar-refractivity contribution in [3.8, 4) is 0 Å². The first-order valence-electron chi connectivity index (χ1n) is 6.72. The second kappa shape index (κ2) is 5.17. The van der Waals surface area contributed by atoms with E-state index in [0.29, 0.717) is 29.6 Å². The van der Waals surface area contributed by atoms with Crippen molar-refractivity contribution in [3.05, 3.63) is 41.3 Å². The summed E-state index contributed by atoms with van der Waals surface area (Å²) in [4.78, 5) is 18.8. The minimum Gasteiger partial charge on any atom is -0.336 e. The number of pyridine rings is 1. The predicted molar refractivity (Wildman–Crippen MR) is 75.2 cm³/mol. The van der Waals surface area contributed by atoms with Crippen LogP contribution in [0, 0.1) is 12.7 Å². The molecule has 0 saturated carbocycles. The number of rotatable bonds is 1. The summed E-state index contributed by atoms with van der Waals surface area (Å²) in [5, 5.41) is 3.80. The van der Waals surface area contributed by atoms with E-state index in [1.807, 2.05) is 6.92 Å². The first-order valence-corrected chi connectivity index (χ1v) is 6.72. The van der Waals surface area contributed by atoms with Gasteiger partial charge in [-0.1, -0.05) is 0 Å². The Balaban J connectivity index is 2.09. The van der Waals surface area contributed by atoms with Crippen LogP contribution >= 0.6 is 0 Å². The zero-order valence-electron chi connectivity index (χ0n) is 11.3. The van der Waals surface area contributed by atoms with Crippen LogP contribution in [0.2, 0.25) is 0 Å². The van der Waals surface area contributed by atoms with E-state index in [-0.39, 0.29) is 11.7 Å². The van der Waals surface area contributed by atoms with Crippen molar-refractivity contribution >= 4 is 16.8 Å². The SMILES string of the molecule is Cc1cc(C(=O)N2CCNCC2)c2cc(F)ccc2n1. The molecule has 4 nitrogen and oxygen atoms in total. The molecule has 1 aromatic carbocycles. The fourth-order valence-electron chi connectivity index (χ4n) is 2.55. The Morgan fingerprint density at radius 1 is 1.30 bits per heavy atom. The number of carbonyl (C=O) groups is 1. The molecule has 0 bridgehead atoms. The minimum absolute atomic E-state index is 0.0485. The van der Waals surface area contributed by atoms with Gasteiger partial charge in [-0.25, -0.2) is 4.39 Å². The number of amides is 1. The lowest BCUT2D eigenvalue weighted by molar-refractivity contribution is 0.0737. The Labute approximate surface area is 116 Å². The molecule has 3 rings (SSSR count). The highest BCUT2D eigenvalue weighted by atomic mass is 19.1. The summed E-state index contributed by atoms with van der Waals surface area (Å²) in [6.07, 6.45) is 0. The van der Waals surface area contributed by atoms with Gasteiger partial charge in [-0.3, -0.25) is 9.78 Å². The molecule has 1 fully saturated rings.